The van der Waals surface area contributed by atoms with Gasteiger partial charge in [-0.2, -0.15) is 4.72 Å². The number of hydrogen-bond donors (Lipinski definition) is 1. The standard InChI is InChI=1S/C25H32N2O7S/c1-4-34-25(29)19-12-14-27(15-13-19)24(28)21(16-18-8-6-5-7-9-18)26-35(30,31)20-10-11-22(32-2)23(17-20)33-3/h5-11,17,19,21,26H,4,12-16H2,1-3H3/t21-/m0/s1. The Morgan fingerprint density at radius 2 is 1.69 bits per heavy atom. The molecule has 0 radical (unpaired) electrons. The number of nitrogens with zero attached hydrogens (tertiary/aromatic N) is 1. The van der Waals surface area contributed by atoms with Gasteiger partial charge in [-0.15, -0.1) is 0 Å². The first-order valence-electron chi connectivity index (χ1n) is 11.5. The Kier molecular flexibility index (Phi) is 9.11. The van der Waals surface area contributed by atoms with E-state index >= 15 is 0 Å². The number of nitrogens with one attached hydrogen (secondary N) is 1. The second kappa shape index (κ2) is 12.0. The molecule has 0 unspecified atom stereocenters. The maximum absolute atomic E-state index is 13.5. The molecule has 1 aliphatic rings. The largest absolute Gasteiger partial charge is 0.493 e. The van der Waals surface area contributed by atoms with E-state index in [1.54, 1.807) is 11.8 Å². The van der Waals surface area contributed by atoms with Crippen LogP contribution in [0.3, 0.4) is 0 Å². The lowest BCUT2D eigenvalue weighted by Gasteiger charge is -2.33. The lowest BCUT2D eigenvalue weighted by atomic mass is 9.96. The Morgan fingerprint density at radius 3 is 2.29 bits per heavy atom. The van der Waals surface area contributed by atoms with Gasteiger partial charge in [0.15, 0.2) is 11.5 Å². The fourth-order valence-corrected chi connectivity index (χ4v) is 5.29. The summed E-state index contributed by atoms with van der Waals surface area (Å²) in [6.45, 7) is 2.78. The zero-order valence-corrected chi connectivity index (χ0v) is 21.0. The Balaban J connectivity index is 1.81. The number of carbonyl (C=O) groups excluding carboxylic acids is 2. The van der Waals surface area contributed by atoms with Gasteiger partial charge in [0.25, 0.3) is 0 Å². The predicted molar refractivity (Wildman–Crippen MR) is 130 cm³/mol. The molecule has 1 saturated heterocycles. The number of sulfonamides is 1. The van der Waals surface area contributed by atoms with E-state index in [2.05, 4.69) is 4.72 Å². The normalized spacial score (nSPS) is 15.3. The van der Waals surface area contributed by atoms with Crippen LogP contribution in [-0.2, 0) is 30.8 Å². The van der Waals surface area contributed by atoms with Crippen molar-refractivity contribution in [1.29, 1.82) is 0 Å². The van der Waals surface area contributed by atoms with Crippen LogP contribution in [-0.4, -0.2) is 65.2 Å². The van der Waals surface area contributed by atoms with E-state index in [1.165, 1.54) is 32.4 Å². The minimum absolute atomic E-state index is 0.0398. The Bertz CT molecular complexity index is 1110. The van der Waals surface area contributed by atoms with Crippen molar-refractivity contribution in [2.24, 2.45) is 5.92 Å². The highest BCUT2D eigenvalue weighted by molar-refractivity contribution is 7.89. The van der Waals surface area contributed by atoms with Gasteiger partial charge < -0.3 is 19.1 Å². The number of piperidine rings is 1. The van der Waals surface area contributed by atoms with E-state index in [1.807, 2.05) is 30.3 Å². The summed E-state index contributed by atoms with van der Waals surface area (Å²) in [6, 6.07) is 12.5. The van der Waals surface area contributed by atoms with E-state index in [-0.39, 0.29) is 34.9 Å². The van der Waals surface area contributed by atoms with Crippen molar-refractivity contribution in [2.45, 2.75) is 37.1 Å². The minimum atomic E-state index is -4.06. The number of rotatable bonds is 10. The molecule has 2 aromatic rings. The summed E-state index contributed by atoms with van der Waals surface area (Å²) in [4.78, 5) is 27.1. The molecule has 1 fully saturated rings. The second-order valence-electron chi connectivity index (χ2n) is 8.23. The van der Waals surface area contributed by atoms with Crippen LogP contribution in [0.1, 0.15) is 25.3 Å². The molecule has 1 N–H and O–H groups in total. The Labute approximate surface area is 206 Å². The average Bonchev–Trinajstić information content (AvgIpc) is 2.88. The van der Waals surface area contributed by atoms with Gasteiger partial charge in [0.2, 0.25) is 15.9 Å². The maximum Gasteiger partial charge on any atom is 0.309 e. The van der Waals surface area contributed by atoms with E-state index in [9.17, 15) is 18.0 Å². The molecule has 0 bridgehead atoms. The first-order valence-corrected chi connectivity index (χ1v) is 13.0. The highest BCUT2D eigenvalue weighted by Gasteiger charge is 2.34. The van der Waals surface area contributed by atoms with Crippen molar-refractivity contribution in [3.63, 3.8) is 0 Å². The van der Waals surface area contributed by atoms with Gasteiger partial charge in [-0.25, -0.2) is 8.42 Å². The van der Waals surface area contributed by atoms with Crippen LogP contribution < -0.4 is 14.2 Å². The van der Waals surface area contributed by atoms with Gasteiger partial charge in [-0.3, -0.25) is 9.59 Å². The molecule has 35 heavy (non-hydrogen) atoms. The number of amides is 1. The third-order valence-electron chi connectivity index (χ3n) is 5.97. The van der Waals surface area contributed by atoms with E-state index in [4.69, 9.17) is 14.2 Å². The zero-order chi connectivity index (χ0) is 25.4. The predicted octanol–water partition coefficient (Wildman–Crippen LogP) is 2.40. The zero-order valence-electron chi connectivity index (χ0n) is 20.2. The Hall–Kier alpha value is -3.11. The maximum atomic E-state index is 13.5. The van der Waals surface area contributed by atoms with Crippen molar-refractivity contribution in [3.8, 4) is 11.5 Å². The monoisotopic (exact) mass is 504 g/mol. The van der Waals surface area contributed by atoms with E-state index < -0.39 is 16.1 Å². The van der Waals surface area contributed by atoms with Crippen LogP contribution in [0.2, 0.25) is 0 Å². The molecule has 1 heterocycles. The summed E-state index contributed by atoms with van der Waals surface area (Å²) >= 11 is 0. The molecule has 3 rings (SSSR count). The molecule has 1 amide bonds. The summed E-state index contributed by atoms with van der Waals surface area (Å²) in [7, 11) is -1.18. The summed E-state index contributed by atoms with van der Waals surface area (Å²) in [5.41, 5.74) is 0.822. The van der Waals surface area contributed by atoms with Crippen LogP contribution in [0.5, 0.6) is 11.5 Å². The van der Waals surface area contributed by atoms with Crippen LogP contribution in [0.15, 0.2) is 53.4 Å². The average molecular weight is 505 g/mol. The highest BCUT2D eigenvalue weighted by atomic mass is 32.2. The molecule has 10 heteroatoms. The van der Waals surface area contributed by atoms with E-state index in [0.29, 0.717) is 38.3 Å². The van der Waals surface area contributed by atoms with Crippen LogP contribution in [0.4, 0.5) is 0 Å². The van der Waals surface area contributed by atoms with Gasteiger partial charge in [0.1, 0.15) is 6.04 Å². The number of ether oxygens (including phenoxy) is 3. The fraction of sp³-hybridized carbons (Fsp3) is 0.440. The molecule has 190 valence electrons. The topological polar surface area (TPSA) is 111 Å². The number of likely N-dealkylation sites (tertiary alicyclic amines) is 1. The minimum Gasteiger partial charge on any atom is -0.493 e. The van der Waals surface area contributed by atoms with Gasteiger partial charge in [0.05, 0.1) is 31.6 Å². The van der Waals surface area contributed by atoms with Gasteiger partial charge in [-0.1, -0.05) is 30.3 Å². The van der Waals surface area contributed by atoms with Gasteiger partial charge in [-0.05, 0) is 43.9 Å². The first kappa shape index (κ1) is 26.5. The third kappa shape index (κ3) is 6.73. The highest BCUT2D eigenvalue weighted by Crippen LogP contribution is 2.29. The molecule has 1 aliphatic heterocycles. The van der Waals surface area contributed by atoms with Gasteiger partial charge in [0, 0.05) is 19.2 Å². The molecule has 0 aromatic heterocycles. The SMILES string of the molecule is CCOC(=O)C1CCN(C(=O)[C@H](Cc2ccccc2)NS(=O)(=O)c2ccc(OC)c(OC)c2)CC1. The number of benzene rings is 2. The number of carbonyl (C=O) groups is 2. The van der Waals surface area contributed by atoms with Crippen molar-refractivity contribution in [2.75, 3.05) is 33.9 Å². The molecule has 9 nitrogen and oxygen atoms in total. The first-order chi connectivity index (χ1) is 16.8. The van der Waals surface area contributed by atoms with Crippen molar-refractivity contribution in [1.82, 2.24) is 9.62 Å². The molecule has 1 atom stereocenters. The fourth-order valence-electron chi connectivity index (χ4n) is 4.08. The lowest BCUT2D eigenvalue weighted by Crippen LogP contribution is -2.52. The molecule has 0 spiro atoms. The lowest BCUT2D eigenvalue weighted by molar-refractivity contribution is -0.151. The van der Waals surface area contributed by atoms with E-state index in [0.717, 1.165) is 5.56 Å². The number of methoxy groups -OCH3 is 2. The van der Waals surface area contributed by atoms with Crippen molar-refractivity contribution >= 4 is 21.9 Å². The molecule has 2 aromatic carbocycles. The van der Waals surface area contributed by atoms with Gasteiger partial charge >= 0.3 is 5.97 Å². The second-order valence-corrected chi connectivity index (χ2v) is 9.95. The quantitative estimate of drug-likeness (QED) is 0.495. The van der Waals surface area contributed by atoms with Crippen LogP contribution >= 0.6 is 0 Å². The third-order valence-corrected chi connectivity index (χ3v) is 7.44. The van der Waals surface area contributed by atoms with Crippen molar-refractivity contribution in [3.05, 3.63) is 54.1 Å². The summed E-state index contributed by atoms with van der Waals surface area (Å²) in [5.74, 6) is -0.181. The number of esters is 1. The smallest absolute Gasteiger partial charge is 0.309 e. The summed E-state index contributed by atoms with van der Waals surface area (Å²) in [5, 5.41) is 0. The summed E-state index contributed by atoms with van der Waals surface area (Å²) < 4.78 is 44.6. The van der Waals surface area contributed by atoms with Crippen LogP contribution in [0.25, 0.3) is 0 Å². The molecule has 0 saturated carbocycles. The Morgan fingerprint density at radius 1 is 1.03 bits per heavy atom. The van der Waals surface area contributed by atoms with Crippen molar-refractivity contribution < 1.29 is 32.2 Å². The molecular formula is C25H32N2O7S. The molecular weight excluding hydrogens is 472 g/mol. The summed E-state index contributed by atoms with van der Waals surface area (Å²) in [6.07, 6.45) is 1.14. The van der Waals surface area contributed by atoms with Crippen LogP contribution in [0, 0.1) is 5.92 Å². The number of hydrogen-bond acceptors (Lipinski definition) is 7. The molecule has 0 aliphatic carbocycles.